The van der Waals surface area contributed by atoms with Crippen LogP contribution in [0.15, 0.2) is 12.7 Å². The van der Waals surface area contributed by atoms with Crippen LogP contribution in [-0.2, 0) is 23.9 Å². The number of nitrogens with zero attached hydrogens (tertiary/aromatic N) is 2. The highest BCUT2D eigenvalue weighted by Crippen LogP contribution is 2.25. The van der Waals surface area contributed by atoms with E-state index in [1.54, 1.807) is 20.8 Å². The molecule has 1 saturated heterocycles. The first kappa shape index (κ1) is 19.0. The van der Waals surface area contributed by atoms with Crippen LogP contribution < -0.4 is 0 Å². The average molecular weight is 328 g/mol. The van der Waals surface area contributed by atoms with Gasteiger partial charge < -0.3 is 9.47 Å². The van der Waals surface area contributed by atoms with Gasteiger partial charge in [-0.1, -0.05) is 6.08 Å². The predicted octanol–water partition coefficient (Wildman–Crippen LogP) is 1.11. The first-order valence-corrected chi connectivity index (χ1v) is 7.28. The van der Waals surface area contributed by atoms with Crippen molar-refractivity contribution in [3.63, 3.8) is 0 Å². The summed E-state index contributed by atoms with van der Waals surface area (Å²) in [6.45, 7) is 8.96. The summed E-state index contributed by atoms with van der Waals surface area (Å²) in [5, 5.41) is 1.09. The molecule has 1 fully saturated rings. The summed E-state index contributed by atoms with van der Waals surface area (Å²) in [5.41, 5.74) is -0.695. The van der Waals surface area contributed by atoms with Crippen molar-refractivity contribution in [3.05, 3.63) is 12.7 Å². The second kappa shape index (κ2) is 7.96. The fourth-order valence-electron chi connectivity index (χ4n) is 2.24. The van der Waals surface area contributed by atoms with Gasteiger partial charge in [-0.3, -0.25) is 14.5 Å². The van der Waals surface area contributed by atoms with Crippen molar-refractivity contribution in [2.75, 3.05) is 20.3 Å². The van der Waals surface area contributed by atoms with Crippen LogP contribution in [0.3, 0.4) is 0 Å². The van der Waals surface area contributed by atoms with E-state index in [4.69, 9.17) is 14.3 Å². The number of hydrogen-bond donors (Lipinski definition) is 0. The highest BCUT2D eigenvalue weighted by atomic mass is 16.7. The lowest BCUT2D eigenvalue weighted by Gasteiger charge is -2.27. The SMILES string of the molecule is C=CCON(C=O)[C@H]1C[C@@H](C(=O)OC)N(C(=O)OC(C)(C)C)C1. The highest BCUT2D eigenvalue weighted by Gasteiger charge is 2.44. The van der Waals surface area contributed by atoms with Gasteiger partial charge in [-0.2, -0.15) is 0 Å². The lowest BCUT2D eigenvalue weighted by atomic mass is 10.1. The third-order valence-electron chi connectivity index (χ3n) is 3.19. The third-order valence-corrected chi connectivity index (χ3v) is 3.19. The molecule has 0 bridgehead atoms. The highest BCUT2D eigenvalue weighted by molar-refractivity contribution is 5.82. The number of rotatable bonds is 6. The van der Waals surface area contributed by atoms with Gasteiger partial charge in [-0.25, -0.2) is 14.7 Å². The third kappa shape index (κ3) is 5.24. The van der Waals surface area contributed by atoms with E-state index >= 15 is 0 Å². The monoisotopic (exact) mass is 328 g/mol. The summed E-state index contributed by atoms with van der Waals surface area (Å²) < 4.78 is 10.0. The first-order chi connectivity index (χ1) is 10.7. The van der Waals surface area contributed by atoms with Crippen LogP contribution in [0, 0.1) is 0 Å². The van der Waals surface area contributed by atoms with Crippen LogP contribution in [0.5, 0.6) is 0 Å². The maximum Gasteiger partial charge on any atom is 0.411 e. The summed E-state index contributed by atoms with van der Waals surface area (Å²) in [5.74, 6) is -0.562. The Bertz CT molecular complexity index is 459. The summed E-state index contributed by atoms with van der Waals surface area (Å²) in [7, 11) is 1.24. The molecule has 2 amide bonds. The fourth-order valence-corrected chi connectivity index (χ4v) is 2.24. The van der Waals surface area contributed by atoms with Gasteiger partial charge in [0, 0.05) is 13.0 Å². The predicted molar refractivity (Wildman–Crippen MR) is 81.2 cm³/mol. The number of esters is 1. The summed E-state index contributed by atoms with van der Waals surface area (Å²) in [6.07, 6.45) is 1.59. The Hall–Kier alpha value is -2.09. The van der Waals surface area contributed by atoms with Crippen LogP contribution in [0.4, 0.5) is 4.79 Å². The summed E-state index contributed by atoms with van der Waals surface area (Å²) in [6, 6.07) is -1.29. The lowest BCUT2D eigenvalue weighted by molar-refractivity contribution is -0.179. The van der Waals surface area contributed by atoms with Crippen molar-refractivity contribution in [2.45, 2.75) is 44.9 Å². The number of carbonyl (C=O) groups is 3. The van der Waals surface area contributed by atoms with Gasteiger partial charge in [0.25, 0.3) is 0 Å². The van der Waals surface area contributed by atoms with Crippen LogP contribution in [-0.4, -0.2) is 66.4 Å². The zero-order chi connectivity index (χ0) is 17.6. The molecule has 0 aromatic carbocycles. The molecule has 0 aromatic heterocycles. The Morgan fingerprint density at radius 1 is 1.39 bits per heavy atom. The second-order valence-corrected chi connectivity index (χ2v) is 6.11. The zero-order valence-electron chi connectivity index (χ0n) is 14.0. The topological polar surface area (TPSA) is 85.4 Å². The molecular weight excluding hydrogens is 304 g/mol. The summed E-state index contributed by atoms with van der Waals surface area (Å²) in [4.78, 5) is 41.9. The van der Waals surface area contributed by atoms with Crippen molar-refractivity contribution in [2.24, 2.45) is 0 Å². The smallest absolute Gasteiger partial charge is 0.411 e. The molecule has 0 unspecified atom stereocenters. The quantitative estimate of drug-likeness (QED) is 0.314. The fraction of sp³-hybridized carbons (Fsp3) is 0.667. The number of hydroxylamine groups is 2. The Morgan fingerprint density at radius 3 is 2.52 bits per heavy atom. The molecule has 23 heavy (non-hydrogen) atoms. The Morgan fingerprint density at radius 2 is 2.04 bits per heavy atom. The molecule has 8 heteroatoms. The molecule has 1 aliphatic heterocycles. The van der Waals surface area contributed by atoms with E-state index in [1.165, 1.54) is 18.1 Å². The Balaban J connectivity index is 2.89. The standard InChI is InChI=1S/C15H24N2O6/c1-6-7-22-17(10-18)11-8-12(13(19)21-5)16(9-11)14(20)23-15(2,3)4/h6,10-12H,1,7-9H2,2-5H3/t11-,12-/m0/s1. The number of likely N-dealkylation sites (tertiary alicyclic amines) is 1. The second-order valence-electron chi connectivity index (χ2n) is 6.11. The van der Waals surface area contributed by atoms with Gasteiger partial charge in [0.05, 0.1) is 19.8 Å². The van der Waals surface area contributed by atoms with Crippen molar-refractivity contribution < 1.29 is 28.7 Å². The normalized spacial score (nSPS) is 20.8. The lowest BCUT2D eigenvalue weighted by Crippen LogP contribution is -2.44. The molecule has 1 aliphatic rings. The van der Waals surface area contributed by atoms with Crippen molar-refractivity contribution in [3.8, 4) is 0 Å². The molecule has 0 N–H and O–H groups in total. The van der Waals surface area contributed by atoms with Gasteiger partial charge in [0.1, 0.15) is 11.6 Å². The van der Waals surface area contributed by atoms with Gasteiger partial charge in [0.2, 0.25) is 6.41 Å². The summed E-state index contributed by atoms with van der Waals surface area (Å²) >= 11 is 0. The van der Waals surface area contributed by atoms with Crippen LogP contribution >= 0.6 is 0 Å². The van der Waals surface area contributed by atoms with Crippen molar-refractivity contribution in [1.82, 2.24) is 9.96 Å². The zero-order valence-corrected chi connectivity index (χ0v) is 14.0. The minimum absolute atomic E-state index is 0.116. The van der Waals surface area contributed by atoms with Gasteiger partial charge in [-0.15, -0.1) is 6.58 Å². The maximum absolute atomic E-state index is 12.3. The minimum atomic E-state index is -0.824. The number of hydrogen-bond acceptors (Lipinski definition) is 6. The van der Waals surface area contributed by atoms with Crippen LogP contribution in [0.1, 0.15) is 27.2 Å². The van der Waals surface area contributed by atoms with Crippen LogP contribution in [0.2, 0.25) is 0 Å². The number of amides is 2. The molecule has 0 spiro atoms. The van der Waals surface area contributed by atoms with Crippen LogP contribution in [0.25, 0.3) is 0 Å². The molecule has 130 valence electrons. The molecule has 0 aliphatic carbocycles. The average Bonchev–Trinajstić information content (AvgIpc) is 2.91. The van der Waals surface area contributed by atoms with E-state index in [9.17, 15) is 14.4 Å². The minimum Gasteiger partial charge on any atom is -0.467 e. The molecule has 2 atom stereocenters. The molecule has 0 aromatic rings. The number of methoxy groups -OCH3 is 1. The number of ether oxygens (including phenoxy) is 2. The van der Waals surface area contributed by atoms with E-state index in [0.717, 1.165) is 5.06 Å². The maximum atomic E-state index is 12.3. The van der Waals surface area contributed by atoms with E-state index in [2.05, 4.69) is 6.58 Å². The van der Waals surface area contributed by atoms with Gasteiger partial charge in [-0.05, 0) is 20.8 Å². The molecular formula is C15H24N2O6. The molecule has 1 heterocycles. The van der Waals surface area contributed by atoms with Crippen molar-refractivity contribution >= 4 is 18.5 Å². The van der Waals surface area contributed by atoms with Gasteiger partial charge in [0.15, 0.2) is 0 Å². The van der Waals surface area contributed by atoms with E-state index in [0.29, 0.717) is 6.41 Å². The molecule has 0 radical (unpaired) electrons. The molecule has 0 saturated carbocycles. The van der Waals surface area contributed by atoms with Crippen molar-refractivity contribution in [1.29, 1.82) is 0 Å². The van der Waals surface area contributed by atoms with E-state index < -0.39 is 29.7 Å². The van der Waals surface area contributed by atoms with E-state index in [-0.39, 0.29) is 19.6 Å². The molecule has 8 nitrogen and oxygen atoms in total. The first-order valence-electron chi connectivity index (χ1n) is 7.28. The van der Waals surface area contributed by atoms with E-state index in [1.807, 2.05) is 0 Å². The largest absolute Gasteiger partial charge is 0.467 e. The Kier molecular flexibility index (Phi) is 6.56. The number of carbonyl (C=O) groups excluding carboxylic acids is 3. The Labute approximate surface area is 135 Å². The van der Waals surface area contributed by atoms with Gasteiger partial charge >= 0.3 is 12.1 Å². The molecule has 1 rings (SSSR count).